The molecule has 0 radical (unpaired) electrons. The highest BCUT2D eigenvalue weighted by molar-refractivity contribution is 7.87. The van der Waals surface area contributed by atoms with Gasteiger partial charge in [-0.1, -0.05) is 17.7 Å². The average molecular weight is 499 g/mol. The van der Waals surface area contributed by atoms with E-state index < -0.39 is 27.0 Å². The van der Waals surface area contributed by atoms with Gasteiger partial charge in [-0.05, 0) is 43.3 Å². The summed E-state index contributed by atoms with van der Waals surface area (Å²) in [4.78, 5) is 13.2. The molecule has 9 nitrogen and oxygen atoms in total. The third-order valence-electron chi connectivity index (χ3n) is 5.31. The molecule has 0 bridgehead atoms. The molecule has 0 saturated carbocycles. The van der Waals surface area contributed by atoms with Crippen LogP contribution in [-0.2, 0) is 10.1 Å². The Balaban J connectivity index is 1.91. The summed E-state index contributed by atoms with van der Waals surface area (Å²) in [6.07, 6.45) is 0. The standard InChI is InChI=1S/C25H22O9S/c1-14-5-11-17(12-6-14)35(28,29)34-24-19(31-3)13-18-20(21(24)26)22(27)25(32-4)23(33-18)15-7-9-16(30-2)10-8-15/h5-13,26H,1-4H3. The Labute approximate surface area is 201 Å². The fourth-order valence-corrected chi connectivity index (χ4v) is 4.44. The summed E-state index contributed by atoms with van der Waals surface area (Å²) in [6, 6.07) is 13.9. The number of hydrogen-bond acceptors (Lipinski definition) is 9. The van der Waals surface area contributed by atoms with E-state index in [2.05, 4.69) is 0 Å². The fourth-order valence-electron chi connectivity index (χ4n) is 3.49. The quantitative estimate of drug-likeness (QED) is 0.372. The third kappa shape index (κ3) is 4.35. The first-order valence-electron chi connectivity index (χ1n) is 10.3. The molecule has 1 aromatic heterocycles. The Morgan fingerprint density at radius 1 is 0.857 bits per heavy atom. The van der Waals surface area contributed by atoms with Crippen molar-refractivity contribution in [3.63, 3.8) is 0 Å². The predicted octanol–water partition coefficient (Wildman–Crippen LogP) is 4.27. The molecule has 0 unspecified atom stereocenters. The minimum absolute atomic E-state index is 0.0592. The van der Waals surface area contributed by atoms with Crippen LogP contribution in [0.15, 0.2) is 68.7 Å². The lowest BCUT2D eigenvalue weighted by molar-refractivity contribution is 0.372. The van der Waals surface area contributed by atoms with E-state index in [-0.39, 0.29) is 33.1 Å². The maximum Gasteiger partial charge on any atom is 0.339 e. The molecule has 0 amide bonds. The maximum atomic E-state index is 13.3. The number of methoxy groups -OCH3 is 3. The zero-order valence-electron chi connectivity index (χ0n) is 19.3. The van der Waals surface area contributed by atoms with E-state index in [1.54, 1.807) is 36.4 Å². The molecule has 35 heavy (non-hydrogen) atoms. The number of benzene rings is 3. The molecule has 10 heteroatoms. The molecule has 3 aromatic carbocycles. The van der Waals surface area contributed by atoms with Crippen molar-refractivity contribution in [3.05, 3.63) is 70.4 Å². The van der Waals surface area contributed by atoms with Crippen LogP contribution in [0.2, 0.25) is 0 Å². The van der Waals surface area contributed by atoms with Crippen molar-refractivity contribution in [2.24, 2.45) is 0 Å². The third-order valence-corrected chi connectivity index (χ3v) is 6.55. The number of phenolic OH excluding ortho intramolecular Hbond substituents is 1. The van der Waals surface area contributed by atoms with E-state index in [1.165, 1.54) is 39.5 Å². The second kappa shape index (κ2) is 9.22. The molecule has 0 spiro atoms. The van der Waals surface area contributed by atoms with Crippen molar-refractivity contribution in [1.29, 1.82) is 0 Å². The lowest BCUT2D eigenvalue weighted by Gasteiger charge is -2.15. The van der Waals surface area contributed by atoms with Gasteiger partial charge in [0.05, 0.1) is 21.3 Å². The Bertz CT molecular complexity index is 1550. The van der Waals surface area contributed by atoms with Crippen molar-refractivity contribution in [2.45, 2.75) is 11.8 Å². The first-order valence-corrected chi connectivity index (χ1v) is 11.7. The second-order valence-electron chi connectivity index (χ2n) is 7.50. The van der Waals surface area contributed by atoms with Crippen LogP contribution in [0.3, 0.4) is 0 Å². The van der Waals surface area contributed by atoms with Gasteiger partial charge in [-0.25, -0.2) is 0 Å². The molecule has 0 aliphatic rings. The number of ether oxygens (including phenoxy) is 3. The highest BCUT2D eigenvalue weighted by atomic mass is 32.2. The number of aromatic hydroxyl groups is 1. The lowest BCUT2D eigenvalue weighted by Crippen LogP contribution is -2.12. The van der Waals surface area contributed by atoms with Crippen LogP contribution in [0.25, 0.3) is 22.3 Å². The number of phenols is 1. The summed E-state index contributed by atoms with van der Waals surface area (Å²) >= 11 is 0. The van der Waals surface area contributed by atoms with Gasteiger partial charge in [0.1, 0.15) is 21.6 Å². The van der Waals surface area contributed by atoms with Gasteiger partial charge in [-0.15, -0.1) is 0 Å². The number of hydrogen-bond donors (Lipinski definition) is 1. The smallest absolute Gasteiger partial charge is 0.339 e. The van der Waals surface area contributed by atoms with E-state index in [9.17, 15) is 18.3 Å². The lowest BCUT2D eigenvalue weighted by atomic mass is 10.1. The fraction of sp³-hybridized carbons (Fsp3) is 0.160. The highest BCUT2D eigenvalue weighted by Crippen LogP contribution is 2.45. The molecule has 4 rings (SSSR count). The highest BCUT2D eigenvalue weighted by Gasteiger charge is 2.28. The van der Waals surface area contributed by atoms with Crippen molar-refractivity contribution in [2.75, 3.05) is 21.3 Å². The van der Waals surface area contributed by atoms with E-state index in [0.29, 0.717) is 11.3 Å². The van der Waals surface area contributed by atoms with E-state index in [1.807, 2.05) is 6.92 Å². The van der Waals surface area contributed by atoms with Crippen LogP contribution in [-0.4, -0.2) is 34.9 Å². The minimum atomic E-state index is -4.36. The molecule has 182 valence electrons. The van der Waals surface area contributed by atoms with Crippen molar-refractivity contribution in [1.82, 2.24) is 0 Å². The van der Waals surface area contributed by atoms with E-state index in [0.717, 1.165) is 5.56 Å². The monoisotopic (exact) mass is 498 g/mol. The van der Waals surface area contributed by atoms with Gasteiger partial charge < -0.3 is 27.9 Å². The number of rotatable bonds is 7. The zero-order chi connectivity index (χ0) is 25.3. The van der Waals surface area contributed by atoms with Gasteiger partial charge in [-0.2, -0.15) is 8.42 Å². The second-order valence-corrected chi connectivity index (χ2v) is 9.05. The molecule has 4 aromatic rings. The summed E-state index contributed by atoms with van der Waals surface area (Å²) in [5.74, 6) is -0.938. The van der Waals surface area contributed by atoms with Gasteiger partial charge in [0, 0.05) is 11.6 Å². The maximum absolute atomic E-state index is 13.3. The van der Waals surface area contributed by atoms with Crippen molar-refractivity contribution < 1.29 is 36.3 Å². The van der Waals surface area contributed by atoms with Crippen LogP contribution in [0.5, 0.6) is 28.7 Å². The summed E-state index contributed by atoms with van der Waals surface area (Å²) in [7, 11) is -0.284. The molecular formula is C25H22O9S. The van der Waals surface area contributed by atoms with Crippen LogP contribution in [0, 0.1) is 6.92 Å². The molecule has 0 fully saturated rings. The first kappa shape index (κ1) is 24.0. The SMILES string of the molecule is COc1ccc(-c2oc3cc(OC)c(OS(=O)(=O)c4ccc(C)cc4)c(O)c3c(=O)c2OC)cc1. The van der Waals surface area contributed by atoms with Gasteiger partial charge in [0.25, 0.3) is 0 Å². The molecule has 1 N–H and O–H groups in total. The Kier molecular flexibility index (Phi) is 6.31. The number of aryl methyl sites for hydroxylation is 1. The summed E-state index contributed by atoms with van der Waals surface area (Å²) < 4.78 is 52.5. The Hall–Kier alpha value is -4.18. The summed E-state index contributed by atoms with van der Waals surface area (Å²) in [6.45, 7) is 1.81. The van der Waals surface area contributed by atoms with E-state index in [4.69, 9.17) is 22.8 Å². The first-order chi connectivity index (χ1) is 16.7. The topological polar surface area (TPSA) is 122 Å². The molecule has 0 aliphatic heterocycles. The van der Waals surface area contributed by atoms with Gasteiger partial charge in [0.2, 0.25) is 16.9 Å². The molecule has 0 aliphatic carbocycles. The summed E-state index contributed by atoms with van der Waals surface area (Å²) in [5.41, 5.74) is 0.586. The largest absolute Gasteiger partial charge is 0.504 e. The Morgan fingerprint density at radius 3 is 2.09 bits per heavy atom. The Morgan fingerprint density at radius 2 is 1.51 bits per heavy atom. The molecule has 0 atom stereocenters. The molecular weight excluding hydrogens is 476 g/mol. The van der Waals surface area contributed by atoms with Crippen LogP contribution in [0.1, 0.15) is 5.56 Å². The van der Waals surface area contributed by atoms with Crippen molar-refractivity contribution in [3.8, 4) is 40.1 Å². The zero-order valence-corrected chi connectivity index (χ0v) is 20.1. The molecule has 1 heterocycles. The normalized spacial score (nSPS) is 11.3. The van der Waals surface area contributed by atoms with Gasteiger partial charge >= 0.3 is 10.1 Å². The van der Waals surface area contributed by atoms with Gasteiger partial charge in [-0.3, -0.25) is 4.79 Å². The van der Waals surface area contributed by atoms with Crippen LogP contribution >= 0.6 is 0 Å². The number of fused-ring (bicyclic) bond motifs is 1. The summed E-state index contributed by atoms with van der Waals surface area (Å²) in [5, 5.41) is 10.6. The minimum Gasteiger partial charge on any atom is -0.504 e. The van der Waals surface area contributed by atoms with Crippen molar-refractivity contribution >= 4 is 21.1 Å². The van der Waals surface area contributed by atoms with E-state index >= 15 is 0 Å². The van der Waals surface area contributed by atoms with Gasteiger partial charge in [0.15, 0.2) is 17.3 Å². The molecule has 0 saturated heterocycles. The predicted molar refractivity (Wildman–Crippen MR) is 128 cm³/mol. The average Bonchev–Trinajstić information content (AvgIpc) is 2.85. The van der Waals surface area contributed by atoms with Crippen LogP contribution in [0.4, 0.5) is 0 Å². The van der Waals surface area contributed by atoms with Crippen LogP contribution < -0.4 is 23.8 Å².